The minimum Gasteiger partial charge on any atom is -0.388 e. The van der Waals surface area contributed by atoms with Crippen molar-refractivity contribution >= 4 is 17.2 Å². The Bertz CT molecular complexity index is 878. The number of hydrogen-bond acceptors (Lipinski definition) is 6. The van der Waals surface area contributed by atoms with Crippen molar-refractivity contribution in [2.75, 3.05) is 24.2 Å². The van der Waals surface area contributed by atoms with Gasteiger partial charge in [-0.15, -0.1) is 0 Å². The molecule has 6 heteroatoms. The summed E-state index contributed by atoms with van der Waals surface area (Å²) in [5.41, 5.74) is 5.27. The van der Waals surface area contributed by atoms with Crippen LogP contribution in [0.5, 0.6) is 0 Å². The summed E-state index contributed by atoms with van der Waals surface area (Å²) < 4.78 is 0. The molecule has 3 heterocycles. The molecule has 0 unspecified atom stereocenters. The van der Waals surface area contributed by atoms with Crippen molar-refractivity contribution in [3.05, 3.63) is 60.0 Å². The third-order valence-electron chi connectivity index (χ3n) is 4.29. The largest absolute Gasteiger partial charge is 0.388 e. The van der Waals surface area contributed by atoms with E-state index in [9.17, 15) is 0 Å². The summed E-state index contributed by atoms with van der Waals surface area (Å²) in [4.78, 5) is 13.7. The standard InChI is InChI=1S/C19H20N6/c1-20-14-3-2-4-15(11-14)23-19-16-12-22-10-7-17(16)24-18(25-19)13-5-8-21-9-6-13/h2-6,8-9,11,20,22H,7,10,12H2,1H3,(H,23,24,25). The zero-order valence-electron chi connectivity index (χ0n) is 14.1. The summed E-state index contributed by atoms with van der Waals surface area (Å²) in [6.45, 7) is 1.72. The van der Waals surface area contributed by atoms with Crippen molar-refractivity contribution in [3.8, 4) is 11.4 Å². The number of nitrogens with zero attached hydrogens (tertiary/aromatic N) is 3. The molecule has 0 atom stereocenters. The van der Waals surface area contributed by atoms with Gasteiger partial charge in [0.1, 0.15) is 5.82 Å². The molecule has 0 amide bonds. The maximum absolute atomic E-state index is 4.80. The Morgan fingerprint density at radius 2 is 1.88 bits per heavy atom. The lowest BCUT2D eigenvalue weighted by Gasteiger charge is -2.21. The molecule has 1 aliphatic rings. The van der Waals surface area contributed by atoms with E-state index in [0.29, 0.717) is 0 Å². The fraction of sp³-hybridized carbons (Fsp3) is 0.211. The summed E-state index contributed by atoms with van der Waals surface area (Å²) in [5, 5.41) is 10.0. The molecule has 0 saturated heterocycles. The third kappa shape index (κ3) is 3.29. The van der Waals surface area contributed by atoms with Crippen LogP contribution >= 0.6 is 0 Å². The number of aromatic nitrogens is 3. The Labute approximate surface area is 146 Å². The van der Waals surface area contributed by atoms with Crippen LogP contribution in [0, 0.1) is 0 Å². The van der Waals surface area contributed by atoms with Crippen LogP contribution < -0.4 is 16.0 Å². The lowest BCUT2D eigenvalue weighted by Crippen LogP contribution is -2.26. The molecule has 4 rings (SSSR count). The highest BCUT2D eigenvalue weighted by Crippen LogP contribution is 2.27. The molecular weight excluding hydrogens is 312 g/mol. The maximum atomic E-state index is 4.80. The second kappa shape index (κ2) is 6.86. The SMILES string of the molecule is CNc1cccc(Nc2nc(-c3ccncc3)nc3c2CNCC3)c1. The van der Waals surface area contributed by atoms with Crippen molar-refractivity contribution < 1.29 is 0 Å². The van der Waals surface area contributed by atoms with Crippen LogP contribution in [-0.2, 0) is 13.0 Å². The second-order valence-corrected chi connectivity index (χ2v) is 5.94. The van der Waals surface area contributed by atoms with Crippen LogP contribution in [0.4, 0.5) is 17.2 Å². The molecule has 0 radical (unpaired) electrons. The number of pyridine rings is 1. The van der Waals surface area contributed by atoms with Crippen LogP contribution in [0.3, 0.4) is 0 Å². The van der Waals surface area contributed by atoms with Crippen molar-refractivity contribution in [2.24, 2.45) is 0 Å². The Balaban J connectivity index is 1.77. The quantitative estimate of drug-likeness (QED) is 0.682. The molecular formula is C19H20N6. The predicted molar refractivity (Wildman–Crippen MR) is 99.9 cm³/mol. The van der Waals surface area contributed by atoms with Crippen molar-refractivity contribution in [1.29, 1.82) is 0 Å². The average molecular weight is 332 g/mol. The molecule has 3 aromatic rings. The molecule has 3 N–H and O–H groups in total. The van der Waals surface area contributed by atoms with Gasteiger partial charge in [-0.25, -0.2) is 9.97 Å². The van der Waals surface area contributed by atoms with E-state index in [1.807, 2.05) is 37.4 Å². The molecule has 0 aliphatic carbocycles. The average Bonchev–Trinajstić information content (AvgIpc) is 2.69. The first kappa shape index (κ1) is 15.5. The fourth-order valence-electron chi connectivity index (χ4n) is 2.97. The van der Waals surface area contributed by atoms with Gasteiger partial charge in [-0.3, -0.25) is 4.98 Å². The monoisotopic (exact) mass is 332 g/mol. The highest BCUT2D eigenvalue weighted by Gasteiger charge is 2.18. The van der Waals surface area contributed by atoms with Crippen molar-refractivity contribution in [2.45, 2.75) is 13.0 Å². The number of anilines is 3. The minimum atomic E-state index is 0.732. The van der Waals surface area contributed by atoms with Crippen LogP contribution in [0.1, 0.15) is 11.3 Å². The Hall–Kier alpha value is -2.99. The highest BCUT2D eigenvalue weighted by atomic mass is 15.1. The van der Waals surface area contributed by atoms with Gasteiger partial charge in [-0.2, -0.15) is 0 Å². The summed E-state index contributed by atoms with van der Waals surface area (Å²) in [6.07, 6.45) is 4.44. The maximum Gasteiger partial charge on any atom is 0.161 e. The van der Waals surface area contributed by atoms with Crippen LogP contribution in [0.25, 0.3) is 11.4 Å². The van der Waals surface area contributed by atoms with E-state index in [0.717, 1.165) is 59.3 Å². The van der Waals surface area contributed by atoms with Crippen LogP contribution in [0.15, 0.2) is 48.8 Å². The van der Waals surface area contributed by atoms with Gasteiger partial charge in [-0.05, 0) is 30.3 Å². The Kier molecular flexibility index (Phi) is 4.26. The summed E-state index contributed by atoms with van der Waals surface area (Å²) in [5.74, 6) is 1.59. The van der Waals surface area contributed by atoms with E-state index in [1.54, 1.807) is 12.4 Å². The molecule has 2 aromatic heterocycles. The minimum absolute atomic E-state index is 0.732. The zero-order chi connectivity index (χ0) is 17.1. The van der Waals surface area contributed by atoms with Gasteiger partial charge < -0.3 is 16.0 Å². The smallest absolute Gasteiger partial charge is 0.161 e. The molecule has 1 aliphatic heterocycles. The van der Waals surface area contributed by atoms with Gasteiger partial charge in [0.15, 0.2) is 5.82 Å². The Morgan fingerprint density at radius 1 is 1.04 bits per heavy atom. The topological polar surface area (TPSA) is 74.8 Å². The normalized spacial score (nSPS) is 13.2. The predicted octanol–water partition coefficient (Wildman–Crippen LogP) is 2.97. The number of nitrogens with one attached hydrogen (secondary N) is 3. The number of hydrogen-bond donors (Lipinski definition) is 3. The van der Waals surface area contributed by atoms with Crippen molar-refractivity contribution in [1.82, 2.24) is 20.3 Å². The van der Waals surface area contributed by atoms with Crippen LogP contribution in [0.2, 0.25) is 0 Å². The van der Waals surface area contributed by atoms with Gasteiger partial charge in [0.2, 0.25) is 0 Å². The Morgan fingerprint density at radius 3 is 2.72 bits per heavy atom. The van der Waals surface area contributed by atoms with Crippen LogP contribution in [-0.4, -0.2) is 28.5 Å². The molecule has 0 saturated carbocycles. The number of fused-ring (bicyclic) bond motifs is 1. The van der Waals surface area contributed by atoms with E-state index in [-0.39, 0.29) is 0 Å². The van der Waals surface area contributed by atoms with Gasteiger partial charge in [0.05, 0.1) is 5.69 Å². The second-order valence-electron chi connectivity index (χ2n) is 5.94. The molecule has 6 nitrogen and oxygen atoms in total. The fourth-order valence-corrected chi connectivity index (χ4v) is 2.97. The zero-order valence-corrected chi connectivity index (χ0v) is 14.1. The van der Waals surface area contributed by atoms with E-state index < -0.39 is 0 Å². The molecule has 25 heavy (non-hydrogen) atoms. The van der Waals surface area contributed by atoms with Gasteiger partial charge in [-0.1, -0.05) is 6.07 Å². The molecule has 0 spiro atoms. The molecule has 0 bridgehead atoms. The van der Waals surface area contributed by atoms with Crippen molar-refractivity contribution in [3.63, 3.8) is 0 Å². The molecule has 126 valence electrons. The van der Waals surface area contributed by atoms with Gasteiger partial charge >= 0.3 is 0 Å². The first-order valence-electron chi connectivity index (χ1n) is 8.39. The summed E-state index contributed by atoms with van der Waals surface area (Å²) in [6, 6.07) is 12.0. The lowest BCUT2D eigenvalue weighted by atomic mass is 10.1. The van der Waals surface area contributed by atoms with Gasteiger partial charge in [0.25, 0.3) is 0 Å². The lowest BCUT2D eigenvalue weighted by molar-refractivity contribution is 0.628. The molecule has 0 fully saturated rings. The first-order chi connectivity index (χ1) is 12.3. The summed E-state index contributed by atoms with van der Waals surface area (Å²) in [7, 11) is 1.91. The summed E-state index contributed by atoms with van der Waals surface area (Å²) >= 11 is 0. The molecule has 1 aromatic carbocycles. The van der Waals surface area contributed by atoms with E-state index in [1.165, 1.54) is 0 Å². The highest BCUT2D eigenvalue weighted by molar-refractivity contribution is 5.67. The van der Waals surface area contributed by atoms with E-state index >= 15 is 0 Å². The van der Waals surface area contributed by atoms with Gasteiger partial charge in [0, 0.05) is 61.5 Å². The first-order valence-corrected chi connectivity index (χ1v) is 8.39. The van der Waals surface area contributed by atoms with E-state index in [4.69, 9.17) is 9.97 Å². The van der Waals surface area contributed by atoms with E-state index in [2.05, 4.69) is 27.0 Å². The third-order valence-corrected chi connectivity index (χ3v) is 4.29. The number of benzene rings is 1. The number of rotatable bonds is 4.